The Morgan fingerprint density at radius 3 is 0.967 bits per heavy atom. The molecule has 0 aliphatic carbocycles. The average Bonchev–Trinajstić information content (AvgIpc) is 2.56. The van der Waals surface area contributed by atoms with Crippen LogP contribution in [-0.2, 0) is 0 Å². The lowest BCUT2D eigenvalue weighted by atomic mass is 10.1. The first kappa shape index (κ1) is 25.3. The van der Waals surface area contributed by atoms with Crippen LogP contribution in [0.2, 0.25) is 78.6 Å². The van der Waals surface area contributed by atoms with E-state index in [2.05, 4.69) is 127 Å². The normalized spacial score (nSPS) is 13.9. The zero-order valence-electron chi connectivity index (χ0n) is 21.6. The van der Waals surface area contributed by atoms with Crippen molar-refractivity contribution in [3.05, 3.63) is 47.5 Å². The van der Waals surface area contributed by atoms with Gasteiger partial charge < -0.3 is 0 Å². The number of rotatable bonds is 6. The van der Waals surface area contributed by atoms with E-state index in [0.29, 0.717) is 0 Å². The standard InChI is InChI=1S/C26H44Si4/c1-27(2,3)23-15-17-25(29(7,8)9)21(19-23)13-14-22-20-24(28(4,5)6)16-18-26(22)30(10,11)12/h13-20H,1-12H3/b14-13+. The molecule has 2 aromatic carbocycles. The first-order valence-corrected chi connectivity index (χ1v) is 25.4. The Morgan fingerprint density at radius 1 is 0.433 bits per heavy atom. The minimum absolute atomic E-state index is 1.34. The Balaban J connectivity index is 2.68. The summed E-state index contributed by atoms with van der Waals surface area (Å²) >= 11 is 0. The van der Waals surface area contributed by atoms with Gasteiger partial charge in [0.1, 0.15) is 0 Å². The lowest BCUT2D eigenvalue weighted by molar-refractivity contribution is 1.63. The fourth-order valence-corrected chi connectivity index (χ4v) is 9.43. The van der Waals surface area contributed by atoms with Crippen LogP contribution in [0.15, 0.2) is 36.4 Å². The van der Waals surface area contributed by atoms with E-state index in [4.69, 9.17) is 0 Å². The Labute approximate surface area is 190 Å². The lowest BCUT2D eigenvalue weighted by Gasteiger charge is -2.25. The predicted octanol–water partition coefficient (Wildman–Crippen LogP) is 6.04. The summed E-state index contributed by atoms with van der Waals surface area (Å²) in [6.07, 6.45) is 4.87. The second-order valence-corrected chi connectivity index (χ2v) is 33.2. The topological polar surface area (TPSA) is 0 Å². The molecule has 0 nitrogen and oxygen atoms in total. The van der Waals surface area contributed by atoms with Gasteiger partial charge in [-0.3, -0.25) is 0 Å². The van der Waals surface area contributed by atoms with Crippen molar-refractivity contribution in [2.24, 2.45) is 0 Å². The van der Waals surface area contributed by atoms with E-state index < -0.39 is 32.3 Å². The van der Waals surface area contributed by atoms with Crippen molar-refractivity contribution in [1.82, 2.24) is 0 Å². The van der Waals surface area contributed by atoms with Crippen LogP contribution in [0.3, 0.4) is 0 Å². The second kappa shape index (κ2) is 8.53. The van der Waals surface area contributed by atoms with Crippen LogP contribution in [0.4, 0.5) is 0 Å². The van der Waals surface area contributed by atoms with E-state index in [1.807, 2.05) is 0 Å². The van der Waals surface area contributed by atoms with Crippen molar-refractivity contribution in [2.45, 2.75) is 78.6 Å². The van der Waals surface area contributed by atoms with Gasteiger partial charge in [0.05, 0.1) is 32.3 Å². The molecular formula is C26H44Si4. The largest absolute Gasteiger partial charge is 0.0783 e. The molecule has 0 amide bonds. The van der Waals surface area contributed by atoms with Crippen LogP contribution in [0.5, 0.6) is 0 Å². The van der Waals surface area contributed by atoms with E-state index in [9.17, 15) is 0 Å². The maximum atomic E-state index is 2.51. The van der Waals surface area contributed by atoms with Crippen LogP contribution in [0.1, 0.15) is 11.1 Å². The fraction of sp³-hybridized carbons (Fsp3) is 0.462. The summed E-state index contributed by atoms with van der Waals surface area (Å²) in [6, 6.07) is 14.7. The van der Waals surface area contributed by atoms with Crippen molar-refractivity contribution in [2.75, 3.05) is 0 Å². The number of benzene rings is 2. The summed E-state index contributed by atoms with van der Waals surface area (Å²) in [5, 5.41) is 6.28. The molecule has 0 aromatic heterocycles. The fourth-order valence-electron chi connectivity index (χ4n) is 3.88. The SMILES string of the molecule is C[Si](C)(C)c1ccc([Si](C)(C)C)c(/C=C/c2cc([Si](C)(C)C)ccc2[Si](C)(C)C)c1. The van der Waals surface area contributed by atoms with Crippen molar-refractivity contribution >= 4 is 65.2 Å². The molecule has 2 aromatic rings. The Morgan fingerprint density at radius 2 is 0.733 bits per heavy atom. The molecule has 164 valence electrons. The highest BCUT2D eigenvalue weighted by Gasteiger charge is 2.24. The molecule has 30 heavy (non-hydrogen) atoms. The second-order valence-electron chi connectivity index (χ2n) is 12.9. The van der Waals surface area contributed by atoms with Crippen LogP contribution in [-0.4, -0.2) is 32.3 Å². The molecule has 0 heterocycles. The highest BCUT2D eigenvalue weighted by atomic mass is 28.3. The monoisotopic (exact) mass is 468 g/mol. The van der Waals surface area contributed by atoms with E-state index in [1.54, 1.807) is 20.7 Å². The molecule has 0 spiro atoms. The molecule has 0 saturated heterocycles. The summed E-state index contributed by atoms with van der Waals surface area (Å²) < 4.78 is 0. The molecule has 0 aliphatic rings. The lowest BCUT2D eigenvalue weighted by Crippen LogP contribution is -2.44. The summed E-state index contributed by atoms with van der Waals surface area (Å²) in [4.78, 5) is 0. The smallest absolute Gasteiger partial charge is 0.0656 e. The van der Waals surface area contributed by atoms with Crippen LogP contribution < -0.4 is 20.7 Å². The minimum atomic E-state index is -1.41. The third-order valence-electron chi connectivity index (χ3n) is 5.89. The molecule has 0 atom stereocenters. The van der Waals surface area contributed by atoms with Crippen molar-refractivity contribution < 1.29 is 0 Å². The van der Waals surface area contributed by atoms with Gasteiger partial charge in [0.25, 0.3) is 0 Å². The molecule has 0 N–H and O–H groups in total. The van der Waals surface area contributed by atoms with E-state index in [-0.39, 0.29) is 0 Å². The van der Waals surface area contributed by atoms with E-state index in [1.165, 1.54) is 11.1 Å². The average molecular weight is 469 g/mol. The van der Waals surface area contributed by atoms with Gasteiger partial charge in [0.2, 0.25) is 0 Å². The van der Waals surface area contributed by atoms with Crippen molar-refractivity contribution in [3.63, 3.8) is 0 Å². The Kier molecular flexibility index (Phi) is 7.20. The third kappa shape index (κ3) is 6.28. The summed E-state index contributed by atoms with van der Waals surface area (Å²) in [5.74, 6) is 0. The minimum Gasteiger partial charge on any atom is -0.0656 e. The predicted molar refractivity (Wildman–Crippen MR) is 154 cm³/mol. The van der Waals surface area contributed by atoms with Crippen molar-refractivity contribution in [1.29, 1.82) is 0 Å². The maximum absolute atomic E-state index is 2.51. The zero-order chi connectivity index (χ0) is 23.1. The Hall–Kier alpha value is -0.952. The van der Waals surface area contributed by atoms with Gasteiger partial charge in [-0.2, -0.15) is 0 Å². The molecule has 0 unspecified atom stereocenters. The van der Waals surface area contributed by atoms with Gasteiger partial charge in [-0.15, -0.1) is 0 Å². The van der Waals surface area contributed by atoms with Gasteiger partial charge in [-0.1, -0.05) is 148 Å². The zero-order valence-corrected chi connectivity index (χ0v) is 25.6. The highest BCUT2D eigenvalue weighted by Crippen LogP contribution is 2.15. The summed E-state index contributed by atoms with van der Waals surface area (Å²) in [5.41, 5.74) is 2.91. The number of hydrogen-bond donors (Lipinski definition) is 0. The maximum Gasteiger partial charge on any atom is 0.0783 e. The molecular weight excluding hydrogens is 425 g/mol. The molecule has 2 rings (SSSR count). The van der Waals surface area contributed by atoms with Gasteiger partial charge in [-0.05, 0) is 11.1 Å². The van der Waals surface area contributed by atoms with Gasteiger partial charge in [0.15, 0.2) is 0 Å². The molecule has 0 saturated carbocycles. The first-order chi connectivity index (χ1) is 13.4. The number of hydrogen-bond acceptors (Lipinski definition) is 0. The Bertz CT molecular complexity index is 850. The van der Waals surface area contributed by atoms with Crippen LogP contribution >= 0.6 is 0 Å². The van der Waals surface area contributed by atoms with E-state index in [0.717, 1.165) is 0 Å². The molecule has 0 bridgehead atoms. The van der Waals surface area contributed by atoms with Crippen LogP contribution in [0.25, 0.3) is 12.2 Å². The van der Waals surface area contributed by atoms with Gasteiger partial charge >= 0.3 is 0 Å². The van der Waals surface area contributed by atoms with Crippen LogP contribution in [0, 0.1) is 0 Å². The third-order valence-corrected chi connectivity index (χ3v) is 14.1. The molecule has 4 heteroatoms. The highest BCUT2D eigenvalue weighted by molar-refractivity contribution is 6.91. The van der Waals surface area contributed by atoms with Gasteiger partial charge in [-0.25, -0.2) is 0 Å². The van der Waals surface area contributed by atoms with Crippen molar-refractivity contribution in [3.8, 4) is 0 Å². The summed E-state index contributed by atoms with van der Waals surface area (Å²) in [6.45, 7) is 29.5. The molecule has 0 radical (unpaired) electrons. The summed E-state index contributed by atoms with van der Waals surface area (Å²) in [7, 11) is -5.49. The van der Waals surface area contributed by atoms with E-state index >= 15 is 0 Å². The molecule has 0 fully saturated rings. The quantitative estimate of drug-likeness (QED) is 0.358. The first-order valence-electron chi connectivity index (χ1n) is 11.4. The van der Waals surface area contributed by atoms with Gasteiger partial charge in [0, 0.05) is 0 Å². The molecule has 0 aliphatic heterocycles.